The number of ether oxygens (including phenoxy) is 1. The number of nitrogens with zero attached hydrogens (tertiary/aromatic N) is 5. The topological polar surface area (TPSA) is 73.1 Å². The molecule has 106 valence electrons. The number of carbonyl (C=O) groups is 1. The summed E-state index contributed by atoms with van der Waals surface area (Å²) in [6.45, 7) is 2.37. The number of thiazole rings is 1. The van der Waals surface area contributed by atoms with Crippen LogP contribution in [0.2, 0.25) is 0 Å². The Kier molecular flexibility index (Phi) is 3.75. The molecule has 2 aromatic heterocycles. The molecule has 0 bridgehead atoms. The molecular weight excluding hydrogens is 278 g/mol. The minimum absolute atomic E-state index is 0.0659. The van der Waals surface area contributed by atoms with Crippen molar-refractivity contribution in [1.29, 1.82) is 0 Å². The number of fused-ring (bicyclic) bond motifs is 1. The number of hydrogen-bond donors (Lipinski definition) is 0. The lowest BCUT2D eigenvalue weighted by Crippen LogP contribution is -2.35. The normalized spacial score (nSPS) is 18.6. The molecule has 1 aliphatic rings. The van der Waals surface area contributed by atoms with Crippen molar-refractivity contribution in [1.82, 2.24) is 24.6 Å². The average Bonchev–Trinajstić information content (AvgIpc) is 3.07. The summed E-state index contributed by atoms with van der Waals surface area (Å²) in [5, 5.41) is 5.97. The summed E-state index contributed by atoms with van der Waals surface area (Å²) >= 11 is 1.42. The molecule has 3 rings (SSSR count). The van der Waals surface area contributed by atoms with Gasteiger partial charge in [-0.05, 0) is 0 Å². The zero-order valence-electron chi connectivity index (χ0n) is 11.1. The first kappa shape index (κ1) is 13.2. The fraction of sp³-hybridized carbons (Fsp3) is 0.500. The minimum atomic E-state index is -0.0659. The Morgan fingerprint density at radius 1 is 1.50 bits per heavy atom. The van der Waals surface area contributed by atoms with Crippen LogP contribution in [-0.2, 0) is 17.8 Å². The Morgan fingerprint density at radius 2 is 2.40 bits per heavy atom. The quantitative estimate of drug-likeness (QED) is 0.831. The van der Waals surface area contributed by atoms with Crippen LogP contribution in [0.5, 0.6) is 0 Å². The molecule has 0 spiro atoms. The van der Waals surface area contributed by atoms with Crippen molar-refractivity contribution < 1.29 is 9.53 Å². The SMILES string of the molecule is COCC1CN(C(=O)c2cscn2)Cc2ncnn2C1. The molecule has 0 saturated heterocycles. The van der Waals surface area contributed by atoms with Gasteiger partial charge in [0.1, 0.15) is 17.8 Å². The van der Waals surface area contributed by atoms with Gasteiger partial charge in [0, 0.05) is 31.5 Å². The summed E-state index contributed by atoms with van der Waals surface area (Å²) in [4.78, 5) is 22.6. The summed E-state index contributed by atoms with van der Waals surface area (Å²) in [7, 11) is 1.67. The molecule has 7 nitrogen and oxygen atoms in total. The lowest BCUT2D eigenvalue weighted by atomic mass is 10.1. The van der Waals surface area contributed by atoms with Gasteiger partial charge >= 0.3 is 0 Å². The van der Waals surface area contributed by atoms with Gasteiger partial charge in [-0.2, -0.15) is 5.10 Å². The summed E-state index contributed by atoms with van der Waals surface area (Å²) in [6.07, 6.45) is 1.52. The van der Waals surface area contributed by atoms with Crippen LogP contribution in [-0.4, -0.2) is 50.8 Å². The molecule has 3 heterocycles. The average molecular weight is 293 g/mol. The molecule has 2 aromatic rings. The number of hydrogen-bond acceptors (Lipinski definition) is 6. The van der Waals surface area contributed by atoms with E-state index in [4.69, 9.17) is 4.74 Å². The molecular formula is C12H15N5O2S. The van der Waals surface area contributed by atoms with Crippen molar-refractivity contribution >= 4 is 17.2 Å². The van der Waals surface area contributed by atoms with E-state index >= 15 is 0 Å². The number of aromatic nitrogens is 4. The monoisotopic (exact) mass is 293 g/mol. The predicted molar refractivity (Wildman–Crippen MR) is 72.2 cm³/mol. The Balaban J connectivity index is 1.85. The van der Waals surface area contributed by atoms with E-state index in [2.05, 4.69) is 15.1 Å². The van der Waals surface area contributed by atoms with Crippen molar-refractivity contribution in [3.05, 3.63) is 28.7 Å². The number of amides is 1. The smallest absolute Gasteiger partial charge is 0.273 e. The van der Waals surface area contributed by atoms with Gasteiger partial charge in [-0.25, -0.2) is 14.6 Å². The van der Waals surface area contributed by atoms with Gasteiger partial charge in [0.15, 0.2) is 0 Å². The van der Waals surface area contributed by atoms with Gasteiger partial charge in [-0.3, -0.25) is 4.79 Å². The fourth-order valence-corrected chi connectivity index (χ4v) is 2.91. The highest BCUT2D eigenvalue weighted by Gasteiger charge is 2.27. The molecule has 0 aliphatic carbocycles. The molecule has 1 amide bonds. The van der Waals surface area contributed by atoms with Gasteiger partial charge in [0.25, 0.3) is 5.91 Å². The molecule has 0 saturated carbocycles. The van der Waals surface area contributed by atoms with Crippen LogP contribution in [0.3, 0.4) is 0 Å². The van der Waals surface area contributed by atoms with Gasteiger partial charge in [-0.1, -0.05) is 0 Å². The molecule has 0 aromatic carbocycles. The third kappa shape index (κ3) is 2.56. The van der Waals surface area contributed by atoms with Gasteiger partial charge in [-0.15, -0.1) is 11.3 Å². The van der Waals surface area contributed by atoms with E-state index in [1.807, 2.05) is 4.68 Å². The molecule has 0 fully saturated rings. The van der Waals surface area contributed by atoms with E-state index in [-0.39, 0.29) is 11.8 Å². The zero-order valence-corrected chi connectivity index (χ0v) is 11.9. The number of methoxy groups -OCH3 is 1. The highest BCUT2D eigenvalue weighted by Crippen LogP contribution is 2.17. The lowest BCUT2D eigenvalue weighted by molar-refractivity contribution is 0.0660. The maximum absolute atomic E-state index is 12.5. The Morgan fingerprint density at radius 3 is 3.15 bits per heavy atom. The third-order valence-electron chi connectivity index (χ3n) is 3.28. The largest absolute Gasteiger partial charge is 0.384 e. The second-order valence-electron chi connectivity index (χ2n) is 4.74. The van der Waals surface area contributed by atoms with Crippen molar-refractivity contribution in [2.45, 2.75) is 13.1 Å². The van der Waals surface area contributed by atoms with Gasteiger partial charge in [0.05, 0.1) is 18.7 Å². The summed E-state index contributed by atoms with van der Waals surface area (Å²) in [6, 6.07) is 0. The van der Waals surface area contributed by atoms with Crippen molar-refractivity contribution in [3.8, 4) is 0 Å². The third-order valence-corrected chi connectivity index (χ3v) is 3.87. The maximum atomic E-state index is 12.5. The number of carbonyl (C=O) groups excluding carboxylic acids is 1. The summed E-state index contributed by atoms with van der Waals surface area (Å²) in [5.74, 6) is 0.932. The summed E-state index contributed by atoms with van der Waals surface area (Å²) in [5.41, 5.74) is 2.15. The lowest BCUT2D eigenvalue weighted by Gasteiger charge is -2.22. The molecule has 1 unspecified atom stereocenters. The molecule has 0 radical (unpaired) electrons. The van der Waals surface area contributed by atoms with Crippen LogP contribution in [0.1, 0.15) is 16.3 Å². The van der Waals surface area contributed by atoms with E-state index in [0.717, 1.165) is 5.82 Å². The molecule has 1 aliphatic heterocycles. The predicted octanol–water partition coefficient (Wildman–Crippen LogP) is 0.653. The maximum Gasteiger partial charge on any atom is 0.273 e. The summed E-state index contributed by atoms with van der Waals surface area (Å²) < 4.78 is 7.08. The van der Waals surface area contributed by atoms with Crippen molar-refractivity contribution in [2.75, 3.05) is 20.3 Å². The second kappa shape index (κ2) is 5.68. The van der Waals surface area contributed by atoms with Crippen LogP contribution in [0.15, 0.2) is 17.2 Å². The van der Waals surface area contributed by atoms with Gasteiger partial charge in [0.2, 0.25) is 0 Å². The van der Waals surface area contributed by atoms with Crippen LogP contribution < -0.4 is 0 Å². The highest BCUT2D eigenvalue weighted by molar-refractivity contribution is 7.07. The molecule has 1 atom stereocenters. The van der Waals surface area contributed by atoms with Crippen LogP contribution >= 0.6 is 11.3 Å². The number of rotatable bonds is 3. The Hall–Kier alpha value is -1.80. The fourth-order valence-electron chi connectivity index (χ4n) is 2.39. The van der Waals surface area contributed by atoms with E-state index in [9.17, 15) is 4.79 Å². The molecule has 8 heteroatoms. The second-order valence-corrected chi connectivity index (χ2v) is 5.46. The van der Waals surface area contributed by atoms with Crippen LogP contribution in [0.25, 0.3) is 0 Å². The zero-order chi connectivity index (χ0) is 13.9. The van der Waals surface area contributed by atoms with Crippen LogP contribution in [0.4, 0.5) is 0 Å². The first-order valence-electron chi connectivity index (χ1n) is 6.31. The Bertz CT molecular complexity index is 582. The highest BCUT2D eigenvalue weighted by atomic mass is 32.1. The van der Waals surface area contributed by atoms with E-state index in [1.165, 1.54) is 17.7 Å². The molecule has 0 N–H and O–H groups in total. The van der Waals surface area contributed by atoms with Crippen molar-refractivity contribution in [3.63, 3.8) is 0 Å². The van der Waals surface area contributed by atoms with Gasteiger partial charge < -0.3 is 9.64 Å². The van der Waals surface area contributed by atoms with E-state index in [1.54, 1.807) is 22.9 Å². The van der Waals surface area contributed by atoms with Crippen molar-refractivity contribution in [2.24, 2.45) is 5.92 Å². The molecule has 20 heavy (non-hydrogen) atoms. The van der Waals surface area contributed by atoms with Crippen LogP contribution in [0, 0.1) is 5.92 Å². The minimum Gasteiger partial charge on any atom is -0.384 e. The first-order chi connectivity index (χ1) is 9.78. The van der Waals surface area contributed by atoms with E-state index < -0.39 is 0 Å². The standard InChI is InChI=1S/C12H15N5O2S/c1-19-5-9-2-16(12(18)10-6-20-8-14-10)4-11-13-7-15-17(11)3-9/h6-9H,2-5H2,1H3. The Labute approximate surface area is 120 Å². The first-order valence-corrected chi connectivity index (χ1v) is 7.25. The van der Waals surface area contributed by atoms with E-state index in [0.29, 0.717) is 31.9 Å².